The van der Waals surface area contributed by atoms with Gasteiger partial charge in [-0.25, -0.2) is 0 Å². The molecule has 0 radical (unpaired) electrons. The Hall–Kier alpha value is -0.830. The molecule has 1 unspecified atom stereocenters. The molecule has 0 amide bonds. The van der Waals surface area contributed by atoms with Crippen molar-refractivity contribution < 1.29 is 0 Å². The molecule has 0 bridgehead atoms. The highest BCUT2D eigenvalue weighted by molar-refractivity contribution is 5.27. The van der Waals surface area contributed by atoms with Crippen molar-refractivity contribution in [3.63, 3.8) is 0 Å². The predicted octanol–water partition coefficient (Wildman–Crippen LogP) is 4.29. The summed E-state index contributed by atoms with van der Waals surface area (Å²) in [7, 11) is 2.02. The average molecular weight is 279 g/mol. The van der Waals surface area contributed by atoms with Crippen LogP contribution in [0.4, 0.5) is 0 Å². The standard InChI is InChI=1S/C17H33N3/c1-13(2)11-9-7-8-10-12-18-14(3)17-15(4)19-20(6)16(17)5/h13-14,18H,7-12H2,1-6H3. The van der Waals surface area contributed by atoms with Gasteiger partial charge in [0, 0.05) is 24.3 Å². The van der Waals surface area contributed by atoms with Gasteiger partial charge in [0.1, 0.15) is 0 Å². The Morgan fingerprint density at radius 2 is 1.70 bits per heavy atom. The summed E-state index contributed by atoms with van der Waals surface area (Å²) in [6.07, 6.45) is 6.75. The third-order valence-corrected chi connectivity index (χ3v) is 4.16. The molecular formula is C17H33N3. The van der Waals surface area contributed by atoms with Gasteiger partial charge in [-0.15, -0.1) is 0 Å². The summed E-state index contributed by atoms with van der Waals surface area (Å²) in [4.78, 5) is 0. The lowest BCUT2D eigenvalue weighted by molar-refractivity contribution is 0.497. The van der Waals surface area contributed by atoms with Crippen LogP contribution in [0.3, 0.4) is 0 Å². The average Bonchev–Trinajstić information content (AvgIpc) is 2.61. The van der Waals surface area contributed by atoms with Crippen LogP contribution in [0.5, 0.6) is 0 Å². The summed E-state index contributed by atoms with van der Waals surface area (Å²) in [6, 6.07) is 0.402. The maximum atomic E-state index is 4.49. The molecule has 3 heteroatoms. The number of hydrogen-bond donors (Lipinski definition) is 1. The van der Waals surface area contributed by atoms with Gasteiger partial charge in [0.25, 0.3) is 0 Å². The molecule has 1 heterocycles. The van der Waals surface area contributed by atoms with E-state index in [1.165, 1.54) is 43.4 Å². The van der Waals surface area contributed by atoms with Gasteiger partial charge in [-0.2, -0.15) is 5.10 Å². The Balaban J connectivity index is 2.22. The minimum Gasteiger partial charge on any atom is -0.310 e. The zero-order chi connectivity index (χ0) is 15.1. The Bertz CT molecular complexity index is 393. The Kier molecular flexibility index (Phi) is 7.28. The van der Waals surface area contributed by atoms with E-state index in [0.29, 0.717) is 6.04 Å². The maximum Gasteiger partial charge on any atom is 0.0644 e. The first-order valence-electron chi connectivity index (χ1n) is 8.17. The van der Waals surface area contributed by atoms with Crippen molar-refractivity contribution in [1.29, 1.82) is 0 Å². The van der Waals surface area contributed by atoms with Crippen LogP contribution in [0.1, 0.15) is 75.9 Å². The van der Waals surface area contributed by atoms with Gasteiger partial charge in [0.2, 0.25) is 0 Å². The van der Waals surface area contributed by atoms with Crippen molar-refractivity contribution in [2.24, 2.45) is 13.0 Å². The minimum absolute atomic E-state index is 0.402. The quantitative estimate of drug-likeness (QED) is 0.683. The van der Waals surface area contributed by atoms with E-state index in [-0.39, 0.29) is 0 Å². The minimum atomic E-state index is 0.402. The number of nitrogens with zero attached hydrogens (tertiary/aromatic N) is 2. The molecule has 0 aliphatic carbocycles. The van der Waals surface area contributed by atoms with E-state index in [9.17, 15) is 0 Å². The number of unbranched alkanes of at least 4 members (excludes halogenated alkanes) is 3. The highest BCUT2D eigenvalue weighted by Gasteiger charge is 2.15. The first kappa shape index (κ1) is 17.2. The van der Waals surface area contributed by atoms with Crippen LogP contribution >= 0.6 is 0 Å². The van der Waals surface area contributed by atoms with Crippen molar-refractivity contribution in [1.82, 2.24) is 15.1 Å². The van der Waals surface area contributed by atoms with E-state index < -0.39 is 0 Å². The first-order valence-corrected chi connectivity index (χ1v) is 8.17. The molecule has 1 N–H and O–H groups in total. The molecule has 0 saturated carbocycles. The number of nitrogens with one attached hydrogen (secondary N) is 1. The van der Waals surface area contributed by atoms with Crippen LogP contribution < -0.4 is 5.32 Å². The van der Waals surface area contributed by atoms with Crippen LogP contribution in [0.15, 0.2) is 0 Å². The highest BCUT2D eigenvalue weighted by atomic mass is 15.3. The summed E-state index contributed by atoms with van der Waals surface area (Å²) in [6.45, 7) is 12.2. The summed E-state index contributed by atoms with van der Waals surface area (Å²) in [5.74, 6) is 0.852. The number of hydrogen-bond acceptors (Lipinski definition) is 2. The van der Waals surface area contributed by atoms with Gasteiger partial charge in [-0.1, -0.05) is 39.5 Å². The van der Waals surface area contributed by atoms with E-state index in [1.54, 1.807) is 0 Å². The smallest absolute Gasteiger partial charge is 0.0644 e. The Labute approximate surface area is 125 Å². The fraction of sp³-hybridized carbons (Fsp3) is 0.824. The molecule has 1 aromatic heterocycles. The normalized spacial score (nSPS) is 13.2. The van der Waals surface area contributed by atoms with Crippen LogP contribution in [0.25, 0.3) is 0 Å². The van der Waals surface area contributed by atoms with Crippen LogP contribution in [-0.4, -0.2) is 16.3 Å². The SMILES string of the molecule is Cc1nn(C)c(C)c1C(C)NCCCCCCC(C)C. The van der Waals surface area contributed by atoms with Gasteiger partial charge >= 0.3 is 0 Å². The third kappa shape index (κ3) is 5.28. The lowest BCUT2D eigenvalue weighted by Crippen LogP contribution is -2.21. The molecule has 0 aliphatic heterocycles. The fourth-order valence-corrected chi connectivity index (χ4v) is 2.87. The number of aryl methyl sites for hydroxylation is 2. The van der Waals surface area contributed by atoms with Gasteiger partial charge in [0.15, 0.2) is 0 Å². The Morgan fingerprint density at radius 3 is 2.25 bits per heavy atom. The topological polar surface area (TPSA) is 29.9 Å². The summed E-state index contributed by atoms with van der Waals surface area (Å²) < 4.78 is 1.98. The van der Waals surface area contributed by atoms with Crippen molar-refractivity contribution in [3.8, 4) is 0 Å². The lowest BCUT2D eigenvalue weighted by atomic mass is 10.0. The second kappa shape index (κ2) is 8.46. The second-order valence-corrected chi connectivity index (χ2v) is 6.48. The molecule has 116 valence electrons. The van der Waals surface area contributed by atoms with Gasteiger partial charge in [-0.05, 0) is 39.7 Å². The van der Waals surface area contributed by atoms with E-state index in [2.05, 4.69) is 45.0 Å². The first-order chi connectivity index (χ1) is 9.43. The van der Waals surface area contributed by atoms with Crippen molar-refractivity contribution in [2.45, 2.75) is 72.8 Å². The zero-order valence-corrected chi connectivity index (χ0v) is 14.3. The summed E-state index contributed by atoms with van der Waals surface area (Å²) in [5, 5.41) is 8.13. The molecule has 3 nitrogen and oxygen atoms in total. The molecule has 0 saturated heterocycles. The monoisotopic (exact) mass is 279 g/mol. The molecule has 0 aliphatic rings. The maximum absolute atomic E-state index is 4.49. The van der Waals surface area contributed by atoms with Gasteiger partial charge < -0.3 is 5.32 Å². The Morgan fingerprint density at radius 1 is 1.05 bits per heavy atom. The van der Waals surface area contributed by atoms with Crippen LogP contribution in [-0.2, 0) is 7.05 Å². The van der Waals surface area contributed by atoms with E-state index >= 15 is 0 Å². The molecule has 1 rings (SSSR count). The van der Waals surface area contributed by atoms with Crippen molar-refractivity contribution in [2.75, 3.05) is 6.54 Å². The van der Waals surface area contributed by atoms with E-state index in [1.807, 2.05) is 11.7 Å². The van der Waals surface area contributed by atoms with Crippen molar-refractivity contribution in [3.05, 3.63) is 17.0 Å². The molecule has 0 aromatic carbocycles. The summed E-state index contributed by atoms with van der Waals surface area (Å²) >= 11 is 0. The zero-order valence-electron chi connectivity index (χ0n) is 14.3. The molecule has 0 fully saturated rings. The van der Waals surface area contributed by atoms with E-state index in [4.69, 9.17) is 0 Å². The molecule has 20 heavy (non-hydrogen) atoms. The third-order valence-electron chi connectivity index (χ3n) is 4.16. The second-order valence-electron chi connectivity index (χ2n) is 6.48. The fourth-order valence-electron chi connectivity index (χ4n) is 2.87. The lowest BCUT2D eigenvalue weighted by Gasteiger charge is -2.14. The van der Waals surface area contributed by atoms with Crippen LogP contribution in [0.2, 0.25) is 0 Å². The molecular weight excluding hydrogens is 246 g/mol. The van der Waals surface area contributed by atoms with Crippen molar-refractivity contribution >= 4 is 0 Å². The predicted molar refractivity (Wildman–Crippen MR) is 87.0 cm³/mol. The van der Waals surface area contributed by atoms with Gasteiger partial charge in [0.05, 0.1) is 5.69 Å². The largest absolute Gasteiger partial charge is 0.310 e. The number of aromatic nitrogens is 2. The molecule has 1 atom stereocenters. The van der Waals surface area contributed by atoms with Crippen LogP contribution in [0, 0.1) is 19.8 Å². The van der Waals surface area contributed by atoms with E-state index in [0.717, 1.165) is 18.2 Å². The summed E-state index contributed by atoms with van der Waals surface area (Å²) in [5.41, 5.74) is 3.80. The van der Waals surface area contributed by atoms with Gasteiger partial charge in [-0.3, -0.25) is 4.68 Å². The molecule has 1 aromatic rings. The molecule has 0 spiro atoms. The number of rotatable bonds is 9. The highest BCUT2D eigenvalue weighted by Crippen LogP contribution is 2.20.